The van der Waals surface area contributed by atoms with Gasteiger partial charge in [-0.05, 0) is 37.6 Å². The summed E-state index contributed by atoms with van der Waals surface area (Å²) in [6, 6.07) is 4.96. The zero-order chi connectivity index (χ0) is 15.4. The van der Waals surface area contributed by atoms with Crippen LogP contribution in [0.25, 0.3) is 0 Å². The molecule has 1 aliphatic heterocycles. The van der Waals surface area contributed by atoms with Gasteiger partial charge in [0.05, 0.1) is 18.8 Å². The lowest BCUT2D eigenvalue weighted by molar-refractivity contribution is -0.130. The van der Waals surface area contributed by atoms with Crippen LogP contribution in [0.4, 0.5) is 10.1 Å². The second-order valence-corrected chi connectivity index (χ2v) is 5.21. The number of carbonyl (C=O) groups excluding carboxylic acids is 2. The van der Waals surface area contributed by atoms with E-state index in [0.717, 1.165) is 18.5 Å². The molecule has 1 fully saturated rings. The van der Waals surface area contributed by atoms with Crippen LogP contribution in [0.5, 0.6) is 0 Å². The number of benzene rings is 1. The van der Waals surface area contributed by atoms with Crippen LogP contribution in [0.2, 0.25) is 0 Å². The van der Waals surface area contributed by atoms with E-state index in [-0.39, 0.29) is 24.8 Å². The molecule has 1 heterocycles. The normalized spacial score (nSPS) is 16.8. The van der Waals surface area contributed by atoms with Gasteiger partial charge in [0.2, 0.25) is 11.8 Å². The first-order valence-corrected chi connectivity index (χ1v) is 7.11. The predicted octanol–water partition coefficient (Wildman–Crippen LogP) is 1.35. The van der Waals surface area contributed by atoms with Crippen molar-refractivity contribution >= 4 is 17.5 Å². The molecule has 114 valence electrons. The Morgan fingerprint density at radius 2 is 2.00 bits per heavy atom. The van der Waals surface area contributed by atoms with Gasteiger partial charge in [-0.25, -0.2) is 4.39 Å². The Balaban J connectivity index is 2.15. The highest BCUT2D eigenvalue weighted by Crippen LogP contribution is 2.24. The molecule has 0 spiro atoms. The minimum atomic E-state index is -0.417. The molecular formula is C15H20FN3O2. The Hall–Kier alpha value is -1.95. The molecule has 1 aliphatic rings. The van der Waals surface area contributed by atoms with Crippen LogP contribution in [-0.4, -0.2) is 31.4 Å². The van der Waals surface area contributed by atoms with Crippen LogP contribution >= 0.6 is 0 Å². The highest BCUT2D eigenvalue weighted by atomic mass is 19.1. The Morgan fingerprint density at radius 1 is 1.33 bits per heavy atom. The number of hydrogen-bond acceptors (Lipinski definition) is 4. The standard InChI is InChI=1S/C15H20FN3O2/c1-3-6-17-10(2)11-4-5-13(12(16)7-11)19-8-14(20)18-15(21)9-19/h4-5,7,10,17H,3,6,8-9H2,1-2H3,(H,18,20,21). The molecule has 2 rings (SSSR count). The van der Waals surface area contributed by atoms with Crippen molar-refractivity contribution in [2.24, 2.45) is 0 Å². The number of imide groups is 1. The van der Waals surface area contributed by atoms with Gasteiger partial charge in [0.1, 0.15) is 5.82 Å². The molecule has 1 aromatic rings. The Morgan fingerprint density at radius 3 is 2.57 bits per heavy atom. The number of anilines is 1. The molecule has 21 heavy (non-hydrogen) atoms. The zero-order valence-electron chi connectivity index (χ0n) is 12.3. The zero-order valence-corrected chi connectivity index (χ0v) is 12.3. The number of carbonyl (C=O) groups is 2. The number of halogens is 1. The average molecular weight is 293 g/mol. The number of amides is 2. The van der Waals surface area contributed by atoms with Crippen LogP contribution in [0, 0.1) is 5.82 Å². The molecule has 0 aromatic heterocycles. The van der Waals surface area contributed by atoms with Crippen LogP contribution in [-0.2, 0) is 9.59 Å². The van der Waals surface area contributed by atoms with Gasteiger partial charge in [-0.2, -0.15) is 0 Å². The first-order chi connectivity index (χ1) is 10.0. The maximum Gasteiger partial charge on any atom is 0.246 e. The molecule has 0 bridgehead atoms. The Kier molecular flexibility index (Phi) is 4.90. The van der Waals surface area contributed by atoms with E-state index in [1.807, 2.05) is 13.0 Å². The lowest BCUT2D eigenvalue weighted by Gasteiger charge is -2.28. The highest BCUT2D eigenvalue weighted by Gasteiger charge is 2.24. The summed E-state index contributed by atoms with van der Waals surface area (Å²) < 4.78 is 14.3. The minimum Gasteiger partial charge on any atom is -0.351 e. The lowest BCUT2D eigenvalue weighted by atomic mass is 10.1. The van der Waals surface area contributed by atoms with Crippen molar-refractivity contribution < 1.29 is 14.0 Å². The SMILES string of the molecule is CCCNC(C)c1ccc(N2CC(=O)NC(=O)C2)c(F)c1. The van der Waals surface area contributed by atoms with Crippen LogP contribution in [0.15, 0.2) is 18.2 Å². The lowest BCUT2D eigenvalue weighted by Crippen LogP contribution is -2.51. The molecule has 5 nitrogen and oxygen atoms in total. The van der Waals surface area contributed by atoms with Crippen molar-refractivity contribution in [1.82, 2.24) is 10.6 Å². The number of nitrogens with one attached hydrogen (secondary N) is 2. The van der Waals surface area contributed by atoms with Gasteiger partial charge < -0.3 is 10.2 Å². The van der Waals surface area contributed by atoms with Crippen molar-refractivity contribution in [3.8, 4) is 0 Å². The molecule has 1 saturated heterocycles. The minimum absolute atomic E-state index is 0.00829. The first-order valence-electron chi connectivity index (χ1n) is 7.11. The van der Waals surface area contributed by atoms with Gasteiger partial charge in [0, 0.05) is 6.04 Å². The smallest absolute Gasteiger partial charge is 0.246 e. The van der Waals surface area contributed by atoms with Gasteiger partial charge in [-0.3, -0.25) is 14.9 Å². The number of piperazine rings is 1. The van der Waals surface area contributed by atoms with E-state index in [2.05, 4.69) is 17.6 Å². The maximum atomic E-state index is 14.3. The number of rotatable bonds is 5. The Labute approximate surface area is 123 Å². The summed E-state index contributed by atoms with van der Waals surface area (Å²) in [5.41, 5.74) is 1.13. The topological polar surface area (TPSA) is 61.4 Å². The quantitative estimate of drug-likeness (QED) is 0.805. The fourth-order valence-electron chi connectivity index (χ4n) is 2.34. The predicted molar refractivity (Wildman–Crippen MR) is 78.5 cm³/mol. The third-order valence-corrected chi connectivity index (χ3v) is 3.46. The van der Waals surface area contributed by atoms with E-state index in [0.29, 0.717) is 0 Å². The fraction of sp³-hybridized carbons (Fsp3) is 0.467. The third-order valence-electron chi connectivity index (χ3n) is 3.46. The molecule has 1 atom stereocenters. The van der Waals surface area contributed by atoms with E-state index in [1.165, 1.54) is 11.0 Å². The van der Waals surface area contributed by atoms with E-state index in [1.54, 1.807) is 6.07 Å². The summed E-state index contributed by atoms with van der Waals surface area (Å²) in [5.74, 6) is -1.24. The van der Waals surface area contributed by atoms with E-state index in [9.17, 15) is 14.0 Å². The molecule has 0 saturated carbocycles. The van der Waals surface area contributed by atoms with Gasteiger partial charge in [0.25, 0.3) is 0 Å². The van der Waals surface area contributed by atoms with Crippen molar-refractivity contribution in [1.29, 1.82) is 0 Å². The molecule has 2 N–H and O–H groups in total. The van der Waals surface area contributed by atoms with E-state index < -0.39 is 17.6 Å². The third kappa shape index (κ3) is 3.78. The van der Waals surface area contributed by atoms with E-state index >= 15 is 0 Å². The Bertz CT molecular complexity index is 532. The summed E-state index contributed by atoms with van der Waals surface area (Å²) in [5, 5.41) is 5.49. The van der Waals surface area contributed by atoms with Crippen LogP contribution < -0.4 is 15.5 Å². The first kappa shape index (κ1) is 15.4. The van der Waals surface area contributed by atoms with E-state index in [4.69, 9.17) is 0 Å². The van der Waals surface area contributed by atoms with Crippen molar-refractivity contribution in [2.45, 2.75) is 26.3 Å². The molecule has 2 amide bonds. The summed E-state index contributed by atoms with van der Waals surface area (Å²) in [7, 11) is 0. The number of hydrogen-bond donors (Lipinski definition) is 2. The van der Waals surface area contributed by atoms with Gasteiger partial charge in [0.15, 0.2) is 0 Å². The monoisotopic (exact) mass is 293 g/mol. The van der Waals surface area contributed by atoms with Gasteiger partial charge >= 0.3 is 0 Å². The molecule has 0 radical (unpaired) electrons. The van der Waals surface area contributed by atoms with Crippen LogP contribution in [0.3, 0.4) is 0 Å². The van der Waals surface area contributed by atoms with Crippen LogP contribution in [0.1, 0.15) is 31.9 Å². The second kappa shape index (κ2) is 6.67. The summed E-state index contributed by atoms with van der Waals surface area (Å²) in [4.78, 5) is 24.2. The van der Waals surface area contributed by atoms with Crippen molar-refractivity contribution in [3.63, 3.8) is 0 Å². The summed E-state index contributed by atoms with van der Waals surface area (Å²) >= 11 is 0. The summed E-state index contributed by atoms with van der Waals surface area (Å²) in [6.45, 7) is 4.90. The summed E-state index contributed by atoms with van der Waals surface area (Å²) in [6.07, 6.45) is 1.01. The molecule has 0 aliphatic carbocycles. The van der Waals surface area contributed by atoms with Gasteiger partial charge in [-0.1, -0.05) is 13.0 Å². The molecule has 1 aromatic carbocycles. The second-order valence-electron chi connectivity index (χ2n) is 5.21. The number of nitrogens with zero attached hydrogens (tertiary/aromatic N) is 1. The maximum absolute atomic E-state index is 14.3. The highest BCUT2D eigenvalue weighted by molar-refractivity contribution is 6.02. The molecule has 1 unspecified atom stereocenters. The largest absolute Gasteiger partial charge is 0.351 e. The fourth-order valence-corrected chi connectivity index (χ4v) is 2.34. The molecule has 6 heteroatoms. The van der Waals surface area contributed by atoms with Crippen molar-refractivity contribution in [2.75, 3.05) is 24.5 Å². The average Bonchev–Trinajstić information content (AvgIpc) is 2.43. The van der Waals surface area contributed by atoms with Gasteiger partial charge in [-0.15, -0.1) is 0 Å². The van der Waals surface area contributed by atoms with Crippen molar-refractivity contribution in [3.05, 3.63) is 29.6 Å². The molecular weight excluding hydrogens is 273 g/mol.